The number of aromatic nitrogens is 2. The van der Waals surface area contributed by atoms with Crippen molar-refractivity contribution in [1.29, 1.82) is 0 Å². The molecule has 0 aliphatic carbocycles. The molecule has 2 aromatic heterocycles. The molecule has 1 unspecified atom stereocenters. The van der Waals surface area contributed by atoms with Crippen molar-refractivity contribution in [2.45, 2.75) is 32.4 Å². The zero-order valence-electron chi connectivity index (χ0n) is 20.6. The Bertz CT molecular complexity index is 1440. The number of hydrogen-bond acceptors (Lipinski definition) is 5. The van der Waals surface area contributed by atoms with E-state index >= 15 is 0 Å². The van der Waals surface area contributed by atoms with Crippen LogP contribution in [0.15, 0.2) is 71.5 Å². The molecule has 0 saturated carbocycles. The summed E-state index contributed by atoms with van der Waals surface area (Å²) in [6.07, 6.45) is 3.73. The molecule has 0 spiro atoms. The minimum atomic E-state index is -0.897. The summed E-state index contributed by atoms with van der Waals surface area (Å²) in [4.78, 5) is 17.7. The first-order chi connectivity index (χ1) is 17.3. The summed E-state index contributed by atoms with van der Waals surface area (Å²) >= 11 is 3.88. The van der Waals surface area contributed by atoms with Gasteiger partial charge in [-0.15, -0.1) is 0 Å². The molecule has 3 heterocycles. The number of piperazine rings is 1. The first kappa shape index (κ1) is 24.2. The van der Waals surface area contributed by atoms with Crippen molar-refractivity contribution in [3.05, 3.63) is 88.4 Å². The van der Waals surface area contributed by atoms with Crippen LogP contribution in [0.25, 0.3) is 26.9 Å². The predicted molar refractivity (Wildman–Crippen MR) is 150 cm³/mol. The van der Waals surface area contributed by atoms with Crippen molar-refractivity contribution < 1.29 is 5.11 Å². The second-order valence-electron chi connectivity index (χ2n) is 9.77. The molecule has 1 N–H and O–H groups in total. The molecule has 2 aromatic carbocycles. The standard InChI is InChI=1S/C29H28BrN5O/c1-19-18-34(14-15-35(19)26-13-10-21(16-32-26)29(2,3)36)25-17-33-28-23(6-5-7-24(28)27(25)30)20-8-11-22(31-4)12-9-20/h5-13,16-17,19,36H,14-15,18H2,1-3H3. The fourth-order valence-electron chi connectivity index (χ4n) is 4.78. The van der Waals surface area contributed by atoms with Gasteiger partial charge in [-0.05, 0) is 48.3 Å². The van der Waals surface area contributed by atoms with Crippen molar-refractivity contribution in [2.24, 2.45) is 0 Å². The highest BCUT2D eigenvalue weighted by Gasteiger charge is 2.27. The lowest BCUT2D eigenvalue weighted by Gasteiger charge is -2.42. The second-order valence-corrected chi connectivity index (χ2v) is 10.6. The summed E-state index contributed by atoms with van der Waals surface area (Å²) in [6, 6.07) is 18.1. The molecule has 1 aliphatic heterocycles. The van der Waals surface area contributed by atoms with Crippen LogP contribution in [-0.2, 0) is 5.60 Å². The molecule has 1 saturated heterocycles. The van der Waals surface area contributed by atoms with Gasteiger partial charge in [-0.2, -0.15) is 0 Å². The van der Waals surface area contributed by atoms with Crippen LogP contribution in [-0.4, -0.2) is 40.8 Å². The Morgan fingerprint density at radius 3 is 2.44 bits per heavy atom. The summed E-state index contributed by atoms with van der Waals surface area (Å²) in [7, 11) is 0. The molecule has 1 fully saturated rings. The Morgan fingerprint density at radius 2 is 1.81 bits per heavy atom. The fraction of sp³-hybridized carbons (Fsp3) is 0.276. The van der Waals surface area contributed by atoms with Gasteiger partial charge in [0.1, 0.15) is 5.82 Å². The van der Waals surface area contributed by atoms with Crippen molar-refractivity contribution in [1.82, 2.24) is 9.97 Å². The third kappa shape index (κ3) is 4.55. The molecule has 7 heteroatoms. The van der Waals surface area contributed by atoms with Gasteiger partial charge in [0, 0.05) is 48.4 Å². The number of aliphatic hydroxyl groups is 1. The van der Waals surface area contributed by atoms with Crippen LogP contribution in [0.2, 0.25) is 0 Å². The quantitative estimate of drug-likeness (QED) is 0.297. The topological polar surface area (TPSA) is 56.9 Å². The van der Waals surface area contributed by atoms with E-state index in [2.05, 4.69) is 60.7 Å². The highest BCUT2D eigenvalue weighted by Crippen LogP contribution is 2.38. The number of fused-ring (bicyclic) bond motifs is 1. The predicted octanol–water partition coefficient (Wildman–Crippen LogP) is 6.55. The molecule has 4 aromatic rings. The number of benzene rings is 2. The smallest absolute Gasteiger partial charge is 0.187 e. The molecule has 0 radical (unpaired) electrons. The van der Waals surface area contributed by atoms with Crippen molar-refractivity contribution in [3.8, 4) is 11.1 Å². The van der Waals surface area contributed by atoms with Gasteiger partial charge in [0.15, 0.2) is 5.69 Å². The fourth-order valence-corrected chi connectivity index (χ4v) is 5.46. The number of hydrogen-bond donors (Lipinski definition) is 1. The highest BCUT2D eigenvalue weighted by atomic mass is 79.9. The van der Waals surface area contributed by atoms with E-state index in [0.29, 0.717) is 5.69 Å². The normalized spacial score (nSPS) is 16.3. The lowest BCUT2D eigenvalue weighted by molar-refractivity contribution is 0.0782. The van der Waals surface area contributed by atoms with Gasteiger partial charge >= 0.3 is 0 Å². The Hall–Kier alpha value is -3.47. The average Bonchev–Trinajstić information content (AvgIpc) is 2.88. The van der Waals surface area contributed by atoms with Crippen LogP contribution < -0.4 is 9.80 Å². The maximum absolute atomic E-state index is 10.2. The number of halogens is 1. The van der Waals surface area contributed by atoms with Gasteiger partial charge < -0.3 is 14.9 Å². The van der Waals surface area contributed by atoms with Gasteiger partial charge in [0.2, 0.25) is 0 Å². The van der Waals surface area contributed by atoms with E-state index in [0.717, 1.165) is 63.2 Å². The van der Waals surface area contributed by atoms with Gasteiger partial charge in [-0.25, -0.2) is 9.83 Å². The average molecular weight is 542 g/mol. The van der Waals surface area contributed by atoms with E-state index < -0.39 is 5.60 Å². The SMILES string of the molecule is [C-]#[N+]c1ccc(-c2cccc3c(Br)c(N4CCN(c5ccc(C(C)(C)O)cn5)C(C)C4)cnc23)cc1. The third-order valence-corrected chi connectivity index (χ3v) is 7.67. The lowest BCUT2D eigenvalue weighted by atomic mass is 10.0. The zero-order chi connectivity index (χ0) is 25.4. The van der Waals surface area contributed by atoms with Crippen molar-refractivity contribution in [3.63, 3.8) is 0 Å². The zero-order valence-corrected chi connectivity index (χ0v) is 22.2. The molecule has 1 atom stereocenters. The van der Waals surface area contributed by atoms with Crippen molar-refractivity contribution in [2.75, 3.05) is 29.4 Å². The van der Waals surface area contributed by atoms with Crippen LogP contribution in [0.5, 0.6) is 0 Å². The van der Waals surface area contributed by atoms with E-state index in [4.69, 9.17) is 11.6 Å². The summed E-state index contributed by atoms with van der Waals surface area (Å²) < 4.78 is 1.04. The molecule has 0 amide bonds. The molecular weight excluding hydrogens is 514 g/mol. The number of pyridine rings is 2. The van der Waals surface area contributed by atoms with E-state index in [1.807, 2.05) is 42.6 Å². The van der Waals surface area contributed by atoms with Gasteiger partial charge in [-0.1, -0.05) is 48.5 Å². The maximum Gasteiger partial charge on any atom is 0.187 e. The number of rotatable bonds is 4. The lowest BCUT2D eigenvalue weighted by Crippen LogP contribution is -2.52. The maximum atomic E-state index is 10.2. The third-order valence-electron chi connectivity index (χ3n) is 6.84. The van der Waals surface area contributed by atoms with Crippen molar-refractivity contribution >= 4 is 44.0 Å². The van der Waals surface area contributed by atoms with Crippen LogP contribution in [0.4, 0.5) is 17.2 Å². The van der Waals surface area contributed by atoms with E-state index in [9.17, 15) is 5.11 Å². The van der Waals surface area contributed by atoms with Gasteiger partial charge in [-0.3, -0.25) is 4.98 Å². The first-order valence-corrected chi connectivity index (χ1v) is 12.8. The van der Waals surface area contributed by atoms with Crippen LogP contribution in [0.1, 0.15) is 26.3 Å². The minimum absolute atomic E-state index is 0.258. The number of anilines is 2. The van der Waals surface area contributed by atoms with E-state index in [1.165, 1.54) is 0 Å². The van der Waals surface area contributed by atoms with Gasteiger partial charge in [0.25, 0.3) is 0 Å². The molecule has 1 aliphatic rings. The minimum Gasteiger partial charge on any atom is -0.386 e. The number of nitrogens with zero attached hydrogens (tertiary/aromatic N) is 5. The largest absolute Gasteiger partial charge is 0.386 e. The monoisotopic (exact) mass is 541 g/mol. The highest BCUT2D eigenvalue weighted by molar-refractivity contribution is 9.10. The summed E-state index contributed by atoms with van der Waals surface area (Å²) in [6.45, 7) is 15.5. The van der Waals surface area contributed by atoms with Gasteiger partial charge in [0.05, 0.1) is 34.0 Å². The Labute approximate surface area is 220 Å². The van der Waals surface area contributed by atoms with E-state index in [-0.39, 0.29) is 6.04 Å². The first-order valence-electron chi connectivity index (χ1n) is 12.0. The summed E-state index contributed by atoms with van der Waals surface area (Å²) in [5.41, 5.74) is 4.66. The van der Waals surface area contributed by atoms with E-state index in [1.54, 1.807) is 20.0 Å². The Kier molecular flexibility index (Phi) is 6.42. The molecule has 0 bridgehead atoms. The van der Waals surface area contributed by atoms with Crippen LogP contribution >= 0.6 is 15.9 Å². The molecule has 5 rings (SSSR count). The molecule has 36 heavy (non-hydrogen) atoms. The molecule has 6 nitrogen and oxygen atoms in total. The number of para-hydroxylation sites is 1. The van der Waals surface area contributed by atoms with Crippen LogP contribution in [0.3, 0.4) is 0 Å². The Balaban J connectivity index is 1.40. The molecule has 182 valence electrons. The van der Waals surface area contributed by atoms with Crippen LogP contribution in [0, 0.1) is 6.57 Å². The molecular formula is C29H28BrN5O. The summed E-state index contributed by atoms with van der Waals surface area (Å²) in [5.74, 6) is 0.930. The Morgan fingerprint density at radius 1 is 1.03 bits per heavy atom. The second kappa shape index (κ2) is 9.53. The summed E-state index contributed by atoms with van der Waals surface area (Å²) in [5, 5.41) is 11.3.